The molecule has 0 atom stereocenters. The molecule has 1 heterocycles. The lowest BCUT2D eigenvalue weighted by atomic mass is 10.2. The third kappa shape index (κ3) is 6.61. The van der Waals surface area contributed by atoms with E-state index in [0.717, 1.165) is 3.79 Å². The first-order valence-electron chi connectivity index (χ1n) is 7.43. The smallest absolute Gasteiger partial charge is 0.306 e. The lowest BCUT2D eigenvalue weighted by Crippen LogP contribution is -2.25. The third-order valence-corrected chi connectivity index (χ3v) is 5.08. The molecule has 1 aromatic heterocycles. The van der Waals surface area contributed by atoms with E-state index in [2.05, 4.69) is 21.2 Å². The zero-order valence-electron chi connectivity index (χ0n) is 13.1. The quantitative estimate of drug-likeness (QED) is 0.378. The Kier molecular flexibility index (Phi) is 7.61. The summed E-state index contributed by atoms with van der Waals surface area (Å²) in [6.07, 6.45) is 0.555. The highest BCUT2D eigenvalue weighted by Gasteiger charge is 2.12. The largest absolute Gasteiger partial charge is 0.457 e. The highest BCUT2D eigenvalue weighted by atomic mass is 79.9. The van der Waals surface area contributed by atoms with Gasteiger partial charge in [0, 0.05) is 23.6 Å². The molecule has 0 aliphatic rings. The second kappa shape index (κ2) is 9.70. The summed E-state index contributed by atoms with van der Waals surface area (Å²) in [6.45, 7) is 0.0608. The van der Waals surface area contributed by atoms with Crippen molar-refractivity contribution in [2.45, 2.75) is 12.8 Å². The summed E-state index contributed by atoms with van der Waals surface area (Å²) in [5.74, 6) is -0.937. The number of thiophene rings is 1. The maximum atomic E-state index is 11.9. The minimum Gasteiger partial charge on any atom is -0.457 e. The Morgan fingerprint density at radius 1 is 1.12 bits per heavy atom. The molecule has 0 saturated heterocycles. The van der Waals surface area contributed by atoms with Crippen molar-refractivity contribution in [3.8, 4) is 0 Å². The molecule has 2 aromatic rings. The van der Waals surface area contributed by atoms with Crippen LogP contribution in [-0.4, -0.2) is 30.8 Å². The van der Waals surface area contributed by atoms with Crippen LogP contribution in [0.5, 0.6) is 0 Å². The van der Waals surface area contributed by atoms with Crippen LogP contribution in [-0.2, 0) is 9.53 Å². The molecule has 0 bridgehead atoms. The fourth-order valence-corrected chi connectivity index (χ4v) is 3.33. The summed E-state index contributed by atoms with van der Waals surface area (Å²) in [5.41, 5.74) is 0.500. The number of halogens is 2. The van der Waals surface area contributed by atoms with Gasteiger partial charge in [0.15, 0.2) is 6.61 Å². The zero-order valence-corrected chi connectivity index (χ0v) is 16.2. The monoisotopic (exact) mass is 443 g/mol. The van der Waals surface area contributed by atoms with E-state index in [0.29, 0.717) is 28.4 Å². The second-order valence-electron chi connectivity index (χ2n) is 5.05. The molecule has 0 aliphatic heterocycles. The van der Waals surface area contributed by atoms with Gasteiger partial charge in [0.05, 0.1) is 8.66 Å². The lowest BCUT2D eigenvalue weighted by molar-refractivity contribution is -0.142. The van der Waals surface area contributed by atoms with Crippen molar-refractivity contribution in [3.05, 3.63) is 55.6 Å². The zero-order chi connectivity index (χ0) is 18.2. The molecule has 1 aromatic carbocycles. The number of ketones is 1. The first kappa shape index (κ1) is 19.6. The van der Waals surface area contributed by atoms with Crippen LogP contribution < -0.4 is 5.32 Å². The number of benzene rings is 1. The topological polar surface area (TPSA) is 72.5 Å². The van der Waals surface area contributed by atoms with Crippen molar-refractivity contribution < 1.29 is 19.1 Å². The normalized spacial score (nSPS) is 10.3. The highest BCUT2D eigenvalue weighted by molar-refractivity contribution is 9.11. The van der Waals surface area contributed by atoms with Crippen molar-refractivity contribution in [2.24, 2.45) is 0 Å². The summed E-state index contributed by atoms with van der Waals surface area (Å²) in [5, 5.41) is 3.27. The Balaban J connectivity index is 1.62. The third-order valence-electron chi connectivity index (χ3n) is 3.16. The van der Waals surface area contributed by atoms with Crippen LogP contribution in [0.25, 0.3) is 0 Å². The number of carbonyl (C=O) groups is 3. The maximum absolute atomic E-state index is 11.9. The molecule has 132 valence electrons. The summed E-state index contributed by atoms with van der Waals surface area (Å²) >= 11 is 10.3. The number of esters is 1. The van der Waals surface area contributed by atoms with E-state index in [1.165, 1.54) is 11.3 Å². The van der Waals surface area contributed by atoms with Crippen LogP contribution in [0.15, 0.2) is 40.2 Å². The Labute approximate surface area is 162 Å². The predicted octanol–water partition coefficient (Wildman–Crippen LogP) is 4.10. The van der Waals surface area contributed by atoms with Gasteiger partial charge in [-0.25, -0.2) is 0 Å². The van der Waals surface area contributed by atoms with Crippen LogP contribution in [0.3, 0.4) is 0 Å². The maximum Gasteiger partial charge on any atom is 0.306 e. The average molecular weight is 445 g/mol. The standard InChI is InChI=1S/C17H15BrClNO4S/c18-15-8-7-14(25-15)13(21)10-24-16(22)2-1-9-20-17(23)11-3-5-12(19)6-4-11/h3-8H,1-2,9-10H2,(H,20,23). The first-order valence-corrected chi connectivity index (χ1v) is 9.42. The molecule has 1 amide bonds. The molecule has 0 radical (unpaired) electrons. The average Bonchev–Trinajstić information content (AvgIpc) is 3.03. The van der Waals surface area contributed by atoms with Gasteiger partial charge in [-0.3, -0.25) is 14.4 Å². The van der Waals surface area contributed by atoms with Crippen molar-refractivity contribution in [3.63, 3.8) is 0 Å². The second-order valence-corrected chi connectivity index (χ2v) is 7.95. The van der Waals surface area contributed by atoms with E-state index in [1.807, 2.05) is 0 Å². The number of amides is 1. The van der Waals surface area contributed by atoms with Crippen LogP contribution in [0.2, 0.25) is 5.02 Å². The molecule has 2 rings (SSSR count). The van der Waals surface area contributed by atoms with Crippen LogP contribution in [0.1, 0.15) is 32.9 Å². The molecule has 0 spiro atoms. The van der Waals surface area contributed by atoms with Gasteiger partial charge in [0.25, 0.3) is 5.91 Å². The number of hydrogen-bond donors (Lipinski definition) is 1. The first-order chi connectivity index (χ1) is 12.0. The fraction of sp³-hybridized carbons (Fsp3) is 0.235. The molecule has 5 nitrogen and oxygen atoms in total. The molecule has 0 saturated carbocycles. The van der Waals surface area contributed by atoms with Crippen molar-refractivity contribution >= 4 is 56.5 Å². The Morgan fingerprint density at radius 3 is 2.48 bits per heavy atom. The Bertz CT molecular complexity index is 760. The lowest BCUT2D eigenvalue weighted by Gasteiger charge is -2.06. The van der Waals surface area contributed by atoms with Crippen LogP contribution >= 0.6 is 38.9 Å². The number of Topliss-reactive ketones (excluding diaryl/α,β-unsaturated/α-hetero) is 1. The summed E-state index contributed by atoms with van der Waals surface area (Å²) in [4.78, 5) is 35.8. The van der Waals surface area contributed by atoms with Crippen molar-refractivity contribution in [2.75, 3.05) is 13.2 Å². The van der Waals surface area contributed by atoms with Gasteiger partial charge in [-0.15, -0.1) is 11.3 Å². The van der Waals surface area contributed by atoms with Gasteiger partial charge < -0.3 is 10.1 Å². The number of nitrogens with one attached hydrogen (secondary N) is 1. The molecule has 0 fully saturated rings. The van der Waals surface area contributed by atoms with Gasteiger partial charge in [-0.1, -0.05) is 11.6 Å². The fourth-order valence-electron chi connectivity index (χ4n) is 1.89. The Morgan fingerprint density at radius 2 is 1.84 bits per heavy atom. The molecule has 1 N–H and O–H groups in total. The van der Waals surface area contributed by atoms with E-state index in [4.69, 9.17) is 16.3 Å². The van der Waals surface area contributed by atoms with E-state index in [9.17, 15) is 14.4 Å². The minimum atomic E-state index is -0.468. The number of carbonyl (C=O) groups excluding carboxylic acids is 3. The molecule has 25 heavy (non-hydrogen) atoms. The Hall–Kier alpha value is -1.70. The molecular formula is C17H15BrClNO4S. The van der Waals surface area contributed by atoms with E-state index < -0.39 is 5.97 Å². The van der Waals surface area contributed by atoms with Gasteiger partial charge in [0.1, 0.15) is 0 Å². The van der Waals surface area contributed by atoms with Crippen LogP contribution in [0.4, 0.5) is 0 Å². The van der Waals surface area contributed by atoms with Crippen molar-refractivity contribution in [1.29, 1.82) is 0 Å². The summed E-state index contributed by atoms with van der Waals surface area (Å²) in [7, 11) is 0. The molecular weight excluding hydrogens is 430 g/mol. The summed E-state index contributed by atoms with van der Waals surface area (Å²) in [6, 6.07) is 9.97. The van der Waals surface area contributed by atoms with Gasteiger partial charge in [-0.05, 0) is 58.7 Å². The van der Waals surface area contributed by atoms with Gasteiger partial charge in [0.2, 0.25) is 5.78 Å². The van der Waals surface area contributed by atoms with Crippen LogP contribution in [0, 0.1) is 0 Å². The minimum absolute atomic E-state index is 0.127. The van der Waals surface area contributed by atoms with Gasteiger partial charge >= 0.3 is 5.97 Å². The summed E-state index contributed by atoms with van der Waals surface area (Å²) < 4.78 is 5.79. The SMILES string of the molecule is O=C(CCCNC(=O)c1ccc(Cl)cc1)OCC(=O)c1ccc(Br)s1. The highest BCUT2D eigenvalue weighted by Crippen LogP contribution is 2.22. The molecule has 8 heteroatoms. The van der Waals surface area contributed by atoms with Crippen molar-refractivity contribution in [1.82, 2.24) is 5.32 Å². The predicted molar refractivity (Wildman–Crippen MR) is 100 cm³/mol. The number of hydrogen-bond acceptors (Lipinski definition) is 5. The van der Waals surface area contributed by atoms with Gasteiger partial charge in [-0.2, -0.15) is 0 Å². The van der Waals surface area contributed by atoms with E-state index in [1.54, 1.807) is 36.4 Å². The molecule has 0 unspecified atom stereocenters. The van der Waals surface area contributed by atoms with E-state index in [-0.39, 0.29) is 24.7 Å². The number of rotatable bonds is 8. The van der Waals surface area contributed by atoms with E-state index >= 15 is 0 Å². The number of ether oxygens (including phenoxy) is 1. The molecule has 0 aliphatic carbocycles.